The second-order valence-corrected chi connectivity index (χ2v) is 6.25. The molecule has 0 heterocycles. The van der Waals surface area contributed by atoms with Crippen LogP contribution in [0.4, 0.5) is 0 Å². The van der Waals surface area contributed by atoms with E-state index in [0.29, 0.717) is 12.2 Å². The molecule has 1 aromatic carbocycles. The first-order valence-electron chi connectivity index (χ1n) is 7.86. The van der Waals surface area contributed by atoms with Crippen LogP contribution in [0.2, 0.25) is 0 Å². The summed E-state index contributed by atoms with van der Waals surface area (Å²) in [5, 5.41) is 12.1. The molecule has 0 fully saturated rings. The smallest absolute Gasteiger partial charge is 0.307 e. The number of aliphatic carboxylic acids is 1. The van der Waals surface area contributed by atoms with E-state index >= 15 is 0 Å². The number of hydrogen-bond acceptors (Lipinski definition) is 4. The standard InChI is InChI=1S/C18H22BrNO5/c1-3-5-14(18(22)23)10-16(11-25-12-24-4-2)20-17(21)13-6-8-15(19)9-7-13/h1,6-9,14,16H,4-5,10-12H2,2H3,(H,20,21)(H,22,23). The molecule has 0 aliphatic rings. The molecule has 2 atom stereocenters. The summed E-state index contributed by atoms with van der Waals surface area (Å²) in [4.78, 5) is 23.7. The minimum Gasteiger partial charge on any atom is -0.481 e. The van der Waals surface area contributed by atoms with E-state index in [1.165, 1.54) is 0 Å². The highest BCUT2D eigenvalue weighted by atomic mass is 79.9. The number of carbonyl (C=O) groups excluding carboxylic acids is 1. The zero-order chi connectivity index (χ0) is 18.7. The number of hydrogen-bond donors (Lipinski definition) is 2. The van der Waals surface area contributed by atoms with Crippen LogP contribution in [0.1, 0.15) is 30.1 Å². The van der Waals surface area contributed by atoms with Gasteiger partial charge in [-0.25, -0.2) is 0 Å². The van der Waals surface area contributed by atoms with Gasteiger partial charge in [0.05, 0.1) is 18.6 Å². The van der Waals surface area contributed by atoms with E-state index in [9.17, 15) is 14.7 Å². The second-order valence-electron chi connectivity index (χ2n) is 5.34. The van der Waals surface area contributed by atoms with Crippen molar-refractivity contribution >= 4 is 27.8 Å². The number of ether oxygens (including phenoxy) is 2. The molecule has 2 N–H and O–H groups in total. The third kappa shape index (κ3) is 8.16. The maximum absolute atomic E-state index is 12.4. The summed E-state index contributed by atoms with van der Waals surface area (Å²) in [7, 11) is 0. The summed E-state index contributed by atoms with van der Waals surface area (Å²) in [6.45, 7) is 2.55. The molecule has 7 heteroatoms. The minimum absolute atomic E-state index is 0.0774. The molecule has 0 saturated carbocycles. The Hall–Kier alpha value is -1.88. The predicted molar refractivity (Wildman–Crippen MR) is 97.0 cm³/mol. The van der Waals surface area contributed by atoms with Crippen molar-refractivity contribution in [1.82, 2.24) is 5.32 Å². The highest BCUT2D eigenvalue weighted by Crippen LogP contribution is 2.14. The molecule has 1 amide bonds. The van der Waals surface area contributed by atoms with E-state index in [1.54, 1.807) is 24.3 Å². The molecular weight excluding hydrogens is 390 g/mol. The Morgan fingerprint density at radius 2 is 2.00 bits per heavy atom. The first-order chi connectivity index (χ1) is 12.0. The van der Waals surface area contributed by atoms with Crippen molar-refractivity contribution in [2.45, 2.75) is 25.8 Å². The fourth-order valence-corrected chi connectivity index (χ4v) is 2.39. The molecule has 0 aliphatic carbocycles. The van der Waals surface area contributed by atoms with E-state index in [4.69, 9.17) is 15.9 Å². The number of benzene rings is 1. The van der Waals surface area contributed by atoms with Crippen LogP contribution in [0.5, 0.6) is 0 Å². The van der Waals surface area contributed by atoms with Crippen molar-refractivity contribution < 1.29 is 24.2 Å². The first kappa shape index (κ1) is 21.2. The Labute approximate surface area is 156 Å². The minimum atomic E-state index is -0.995. The van der Waals surface area contributed by atoms with E-state index < -0.39 is 17.9 Å². The van der Waals surface area contributed by atoms with Crippen LogP contribution in [0, 0.1) is 18.3 Å². The van der Waals surface area contributed by atoms with Crippen LogP contribution >= 0.6 is 15.9 Å². The Morgan fingerprint density at radius 3 is 2.56 bits per heavy atom. The van der Waals surface area contributed by atoms with E-state index in [-0.39, 0.29) is 32.1 Å². The highest BCUT2D eigenvalue weighted by molar-refractivity contribution is 9.10. The average Bonchev–Trinajstić information content (AvgIpc) is 2.58. The van der Waals surface area contributed by atoms with Crippen LogP contribution in [-0.2, 0) is 14.3 Å². The Bertz CT molecular complexity index is 596. The maximum atomic E-state index is 12.4. The summed E-state index contributed by atoms with van der Waals surface area (Å²) in [5.74, 6) is 0.306. The van der Waals surface area contributed by atoms with Crippen LogP contribution in [-0.4, -0.2) is 43.0 Å². The normalized spacial score (nSPS) is 12.8. The summed E-state index contributed by atoms with van der Waals surface area (Å²) in [5.41, 5.74) is 0.474. The van der Waals surface area contributed by atoms with Crippen molar-refractivity contribution in [1.29, 1.82) is 0 Å². The molecule has 0 aromatic heterocycles. The Morgan fingerprint density at radius 1 is 1.32 bits per heavy atom. The van der Waals surface area contributed by atoms with Gasteiger partial charge in [0.2, 0.25) is 0 Å². The number of carboxylic acids is 1. The number of rotatable bonds is 11. The quantitative estimate of drug-likeness (QED) is 0.332. The summed E-state index contributed by atoms with van der Waals surface area (Å²) < 4.78 is 11.3. The van der Waals surface area contributed by atoms with Gasteiger partial charge in [0.25, 0.3) is 5.91 Å². The SMILES string of the molecule is C#CCC(CC(COCOCC)NC(=O)c1ccc(Br)cc1)C(=O)O. The largest absolute Gasteiger partial charge is 0.481 e. The van der Waals surface area contributed by atoms with Gasteiger partial charge in [0, 0.05) is 23.1 Å². The lowest BCUT2D eigenvalue weighted by Crippen LogP contribution is -2.40. The lowest BCUT2D eigenvalue weighted by Gasteiger charge is -2.21. The van der Waals surface area contributed by atoms with Crippen molar-refractivity contribution in [2.24, 2.45) is 5.92 Å². The first-order valence-corrected chi connectivity index (χ1v) is 8.65. The molecule has 136 valence electrons. The van der Waals surface area contributed by atoms with Gasteiger partial charge in [0.15, 0.2) is 0 Å². The van der Waals surface area contributed by atoms with E-state index in [0.717, 1.165) is 4.47 Å². The molecule has 0 radical (unpaired) electrons. The number of amides is 1. The van der Waals surface area contributed by atoms with Crippen LogP contribution in [0.3, 0.4) is 0 Å². The molecule has 0 saturated heterocycles. The van der Waals surface area contributed by atoms with Gasteiger partial charge in [-0.3, -0.25) is 9.59 Å². The van der Waals surface area contributed by atoms with Gasteiger partial charge >= 0.3 is 5.97 Å². The van der Waals surface area contributed by atoms with Gasteiger partial charge in [-0.15, -0.1) is 12.3 Å². The lowest BCUT2D eigenvalue weighted by molar-refractivity contribution is -0.142. The molecule has 25 heavy (non-hydrogen) atoms. The van der Waals surface area contributed by atoms with Gasteiger partial charge in [-0.2, -0.15) is 0 Å². The van der Waals surface area contributed by atoms with Gasteiger partial charge in [-0.1, -0.05) is 15.9 Å². The number of carboxylic acid groups (broad SMARTS) is 1. The predicted octanol–water partition coefficient (Wildman–Crippen LogP) is 2.67. The molecule has 1 rings (SSSR count). The third-order valence-corrected chi connectivity index (χ3v) is 3.94. The van der Waals surface area contributed by atoms with Gasteiger partial charge in [0.1, 0.15) is 6.79 Å². The zero-order valence-electron chi connectivity index (χ0n) is 14.0. The third-order valence-electron chi connectivity index (χ3n) is 3.41. The summed E-state index contributed by atoms with van der Waals surface area (Å²) in [6, 6.07) is 6.37. The monoisotopic (exact) mass is 411 g/mol. The maximum Gasteiger partial charge on any atom is 0.307 e. The Balaban J connectivity index is 2.74. The summed E-state index contributed by atoms with van der Waals surface area (Å²) >= 11 is 3.31. The molecule has 2 unspecified atom stereocenters. The van der Waals surface area contributed by atoms with Gasteiger partial charge in [-0.05, 0) is 37.6 Å². The summed E-state index contributed by atoms with van der Waals surface area (Å²) in [6.07, 6.45) is 5.50. The molecular formula is C18H22BrNO5. The molecule has 0 spiro atoms. The molecule has 6 nitrogen and oxygen atoms in total. The topological polar surface area (TPSA) is 84.9 Å². The molecule has 1 aromatic rings. The Kier molecular flexibility index (Phi) is 9.85. The van der Waals surface area contributed by atoms with Crippen LogP contribution in [0.15, 0.2) is 28.7 Å². The number of carbonyl (C=O) groups is 2. The zero-order valence-corrected chi connectivity index (χ0v) is 15.6. The number of halogens is 1. The second kappa shape index (κ2) is 11.6. The fraction of sp³-hybridized carbons (Fsp3) is 0.444. The average molecular weight is 412 g/mol. The van der Waals surface area contributed by atoms with Crippen LogP contribution < -0.4 is 5.32 Å². The van der Waals surface area contributed by atoms with E-state index in [2.05, 4.69) is 27.2 Å². The fourth-order valence-electron chi connectivity index (χ4n) is 2.13. The lowest BCUT2D eigenvalue weighted by atomic mass is 9.97. The highest BCUT2D eigenvalue weighted by Gasteiger charge is 2.24. The number of nitrogens with one attached hydrogen (secondary N) is 1. The van der Waals surface area contributed by atoms with Gasteiger partial charge < -0.3 is 19.9 Å². The van der Waals surface area contributed by atoms with Crippen LogP contribution in [0.25, 0.3) is 0 Å². The van der Waals surface area contributed by atoms with Crippen molar-refractivity contribution in [3.8, 4) is 12.3 Å². The number of terminal acetylenes is 1. The van der Waals surface area contributed by atoms with E-state index in [1.807, 2.05) is 6.92 Å². The molecule has 0 bridgehead atoms. The van der Waals surface area contributed by atoms with Crippen molar-refractivity contribution in [2.75, 3.05) is 20.0 Å². The van der Waals surface area contributed by atoms with Crippen molar-refractivity contribution in [3.05, 3.63) is 34.3 Å². The van der Waals surface area contributed by atoms with Crippen molar-refractivity contribution in [3.63, 3.8) is 0 Å². The molecule has 0 aliphatic heterocycles.